The molecule has 0 atom stereocenters. The summed E-state index contributed by atoms with van der Waals surface area (Å²) in [5.41, 5.74) is -4.95. The summed E-state index contributed by atoms with van der Waals surface area (Å²) in [6.45, 7) is 0.163. The van der Waals surface area contributed by atoms with E-state index in [-0.39, 0.29) is 37.5 Å². The molecule has 0 unspecified atom stereocenters. The molecule has 134 valence electrons. The molecule has 0 spiro atoms. The zero-order chi connectivity index (χ0) is 17.7. The van der Waals surface area contributed by atoms with E-state index < -0.39 is 27.6 Å². The second-order valence-corrected chi connectivity index (χ2v) is 7.20. The van der Waals surface area contributed by atoms with Crippen molar-refractivity contribution in [1.29, 1.82) is 0 Å². The normalized spacial score (nSPS) is 18.9. The number of nitrogens with zero attached hydrogens (tertiary/aromatic N) is 3. The van der Waals surface area contributed by atoms with Crippen LogP contribution in [0.15, 0.2) is 0 Å². The van der Waals surface area contributed by atoms with E-state index in [1.807, 2.05) is 0 Å². The highest BCUT2D eigenvalue weighted by Crippen LogP contribution is 2.41. The maximum absolute atomic E-state index is 12.6. The van der Waals surface area contributed by atoms with Crippen molar-refractivity contribution in [2.75, 3.05) is 13.1 Å². The topological polar surface area (TPSA) is 102 Å². The Morgan fingerprint density at radius 3 is 2.42 bits per heavy atom. The van der Waals surface area contributed by atoms with Crippen LogP contribution in [0.4, 0.5) is 18.0 Å². The van der Waals surface area contributed by atoms with E-state index in [0.29, 0.717) is 18.5 Å². The van der Waals surface area contributed by atoms with Crippen molar-refractivity contribution in [3.8, 4) is 5.88 Å². The van der Waals surface area contributed by atoms with Gasteiger partial charge in [0.1, 0.15) is 0 Å². The molecule has 1 fully saturated rings. The summed E-state index contributed by atoms with van der Waals surface area (Å²) in [4.78, 5) is 12.1. The van der Waals surface area contributed by atoms with Crippen LogP contribution in [0.5, 0.6) is 5.88 Å². The maximum Gasteiger partial charge on any atom is 0.534 e. The van der Waals surface area contributed by atoms with Crippen LogP contribution in [0.25, 0.3) is 0 Å². The van der Waals surface area contributed by atoms with E-state index in [4.69, 9.17) is 5.11 Å². The Hall–Kier alpha value is -1.98. The number of carbonyl (C=O) groups is 1. The molecule has 0 radical (unpaired) electrons. The third-order valence-electron chi connectivity index (χ3n) is 3.93. The second kappa shape index (κ2) is 5.53. The average Bonchev–Trinajstić information content (AvgIpc) is 3.25. The summed E-state index contributed by atoms with van der Waals surface area (Å²) in [5, 5.41) is 13.2. The fourth-order valence-electron chi connectivity index (χ4n) is 2.55. The molecule has 8 nitrogen and oxygen atoms in total. The average molecular weight is 369 g/mol. The molecule has 3 rings (SSSR count). The molecule has 1 aromatic rings. The van der Waals surface area contributed by atoms with Gasteiger partial charge in [0.05, 0.1) is 11.7 Å². The van der Waals surface area contributed by atoms with Crippen LogP contribution in [0.1, 0.15) is 30.1 Å². The summed E-state index contributed by atoms with van der Waals surface area (Å²) in [5.74, 6) is -0.447. The highest BCUT2D eigenvalue weighted by molar-refractivity contribution is 7.87. The minimum Gasteiger partial charge on any atom is -0.465 e. The third-order valence-corrected chi connectivity index (χ3v) is 4.87. The molecule has 1 amide bonds. The van der Waals surface area contributed by atoms with Gasteiger partial charge < -0.3 is 14.2 Å². The summed E-state index contributed by atoms with van der Waals surface area (Å²) in [6.07, 6.45) is 0.413. The molecule has 1 N–H and O–H groups in total. The number of carboxylic acid groups (broad SMARTS) is 1. The Balaban J connectivity index is 1.97. The van der Waals surface area contributed by atoms with Gasteiger partial charge in [-0.2, -0.15) is 26.7 Å². The lowest BCUT2D eigenvalue weighted by atomic mass is 10.1. The van der Waals surface area contributed by atoms with Gasteiger partial charge in [-0.15, -0.1) is 0 Å². The number of hydrogen-bond donors (Lipinski definition) is 1. The molecule has 24 heavy (non-hydrogen) atoms. The fraction of sp³-hybridized carbons (Fsp3) is 0.667. The largest absolute Gasteiger partial charge is 0.534 e. The van der Waals surface area contributed by atoms with Crippen molar-refractivity contribution < 1.29 is 35.7 Å². The third kappa shape index (κ3) is 3.01. The lowest BCUT2D eigenvalue weighted by Crippen LogP contribution is -2.32. The summed E-state index contributed by atoms with van der Waals surface area (Å²) >= 11 is 0. The van der Waals surface area contributed by atoms with Gasteiger partial charge in [0.2, 0.25) is 5.88 Å². The lowest BCUT2D eigenvalue weighted by Gasteiger charge is -2.16. The van der Waals surface area contributed by atoms with Gasteiger partial charge >= 0.3 is 21.7 Å². The van der Waals surface area contributed by atoms with Gasteiger partial charge in [-0.1, -0.05) is 0 Å². The molecular weight excluding hydrogens is 355 g/mol. The predicted molar refractivity (Wildman–Crippen MR) is 73.1 cm³/mol. The van der Waals surface area contributed by atoms with Crippen molar-refractivity contribution in [3.63, 3.8) is 0 Å². The van der Waals surface area contributed by atoms with E-state index in [9.17, 15) is 26.4 Å². The summed E-state index contributed by atoms with van der Waals surface area (Å²) in [7, 11) is -5.81. The molecule has 2 heterocycles. The van der Waals surface area contributed by atoms with Crippen LogP contribution >= 0.6 is 0 Å². The number of amides is 1. The number of halogens is 3. The number of alkyl halides is 3. The number of aromatic nitrogens is 2. The number of hydrogen-bond acceptors (Lipinski definition) is 5. The van der Waals surface area contributed by atoms with Crippen LogP contribution in [0.2, 0.25) is 0 Å². The minimum absolute atomic E-state index is 0.0289. The van der Waals surface area contributed by atoms with Crippen LogP contribution in [-0.2, 0) is 23.0 Å². The molecular formula is C12H14F3N3O5S. The van der Waals surface area contributed by atoms with E-state index in [1.54, 1.807) is 0 Å². The molecule has 1 saturated carbocycles. The van der Waals surface area contributed by atoms with Gasteiger partial charge in [0.25, 0.3) is 0 Å². The van der Waals surface area contributed by atoms with Gasteiger partial charge in [0, 0.05) is 25.1 Å². The Labute approximate surface area is 134 Å². The Morgan fingerprint density at radius 2 is 1.88 bits per heavy atom. The first kappa shape index (κ1) is 16.9. The Bertz CT molecular complexity index is 770. The van der Waals surface area contributed by atoms with Crippen LogP contribution in [0.3, 0.4) is 0 Å². The first-order valence-corrected chi connectivity index (χ1v) is 8.60. The molecule has 0 bridgehead atoms. The molecule has 1 aliphatic heterocycles. The van der Waals surface area contributed by atoms with Gasteiger partial charge in [0.15, 0.2) is 0 Å². The minimum atomic E-state index is -5.81. The summed E-state index contributed by atoms with van der Waals surface area (Å²) in [6, 6.07) is -0.189. The maximum atomic E-state index is 12.6. The molecule has 1 aromatic heterocycles. The molecule has 0 aromatic carbocycles. The molecule has 0 saturated heterocycles. The quantitative estimate of drug-likeness (QED) is 0.640. The predicted octanol–water partition coefficient (Wildman–Crippen LogP) is 1.53. The van der Waals surface area contributed by atoms with Crippen molar-refractivity contribution in [3.05, 3.63) is 11.3 Å². The SMILES string of the molecule is O=C(O)N1CCc2nn(C3CC3)c(OS(=O)(=O)C(F)(F)F)c2CC1. The fourth-order valence-corrected chi connectivity index (χ4v) is 3.03. The van der Waals surface area contributed by atoms with E-state index >= 15 is 0 Å². The standard InChI is InChI=1S/C12H14F3N3O5S/c13-12(14,15)24(21,22)23-10-8-3-5-17(11(19)20)6-4-9(8)16-18(10)7-1-2-7/h7H,1-6H2,(H,19,20). The zero-order valence-corrected chi connectivity index (χ0v) is 13.1. The van der Waals surface area contributed by atoms with E-state index in [2.05, 4.69) is 9.28 Å². The monoisotopic (exact) mass is 369 g/mol. The number of rotatable bonds is 3. The van der Waals surface area contributed by atoms with Crippen molar-refractivity contribution in [2.24, 2.45) is 0 Å². The van der Waals surface area contributed by atoms with Gasteiger partial charge in [-0.05, 0) is 19.3 Å². The Morgan fingerprint density at radius 1 is 1.25 bits per heavy atom. The van der Waals surface area contributed by atoms with Crippen LogP contribution < -0.4 is 4.18 Å². The highest BCUT2D eigenvalue weighted by Gasteiger charge is 2.50. The van der Waals surface area contributed by atoms with Gasteiger partial charge in [-0.25, -0.2) is 9.48 Å². The highest BCUT2D eigenvalue weighted by atomic mass is 32.2. The first-order chi connectivity index (χ1) is 11.1. The molecule has 12 heteroatoms. The lowest BCUT2D eigenvalue weighted by molar-refractivity contribution is -0.0502. The van der Waals surface area contributed by atoms with E-state index in [0.717, 1.165) is 4.90 Å². The van der Waals surface area contributed by atoms with Gasteiger partial charge in [-0.3, -0.25) is 0 Å². The van der Waals surface area contributed by atoms with Crippen molar-refractivity contribution >= 4 is 16.2 Å². The second-order valence-electron chi connectivity index (χ2n) is 5.66. The Kier molecular flexibility index (Phi) is 3.89. The smallest absolute Gasteiger partial charge is 0.465 e. The van der Waals surface area contributed by atoms with Crippen LogP contribution in [-0.4, -0.2) is 52.9 Å². The van der Waals surface area contributed by atoms with Crippen molar-refractivity contribution in [1.82, 2.24) is 14.7 Å². The number of fused-ring (bicyclic) bond motifs is 1. The first-order valence-electron chi connectivity index (χ1n) is 7.19. The van der Waals surface area contributed by atoms with Crippen LogP contribution in [0, 0.1) is 0 Å². The van der Waals surface area contributed by atoms with Crippen molar-refractivity contribution in [2.45, 2.75) is 37.2 Å². The summed E-state index contributed by atoms with van der Waals surface area (Å²) < 4.78 is 66.2. The zero-order valence-electron chi connectivity index (χ0n) is 12.3. The molecule has 1 aliphatic carbocycles. The molecule has 2 aliphatic rings. The van der Waals surface area contributed by atoms with E-state index in [1.165, 1.54) is 4.68 Å².